The number of aromatic nitrogens is 3. The molecule has 0 radical (unpaired) electrons. The van der Waals surface area contributed by atoms with Crippen LogP contribution in [0, 0.1) is 5.41 Å². The maximum Gasteiger partial charge on any atom is 0.320 e. The van der Waals surface area contributed by atoms with Crippen molar-refractivity contribution >= 4 is 117 Å². The molecule has 0 unspecified atom stereocenters. The number of nitrogens with one attached hydrogen (secondary N) is 17. The number of carbonyl (C=O) groups excluding carboxylic acids is 16. The quantitative estimate of drug-likeness (QED) is 0.0111. The molecule has 0 bridgehead atoms. The molecular weight excluding hydrogens is 1630 g/mol. The molecule has 680 valence electrons. The van der Waals surface area contributed by atoms with Gasteiger partial charge in [0, 0.05) is 101 Å². The summed E-state index contributed by atoms with van der Waals surface area (Å²) in [5, 5.41) is 74.5. The minimum Gasteiger partial charge on any atom is -0.480 e. The number of amides is 16. The number of para-hydroxylation sites is 1. The van der Waals surface area contributed by atoms with E-state index in [2.05, 4.69) is 89.4 Å². The third kappa shape index (κ3) is 34.6. The number of carboxylic acids is 1. The SMILES string of the molecule is CCCC[C@H](NC(=O)[C@H](CN)NC(=O)[C@H](Cc1c[nH]cn1)NC(=O)[C@H](CCC(N)=O)NC(=O)[C@H](CO)NC(=O)CNC(=O)COCCOCCNC(=O)CC[C@H](N)C(=O)O)C(=O)N[C@H]1CCC(=O)NCCCC[C@@H](C(N)=O)NC(=O)[C@H](Cc2c[nH]c3ccccc23)NC(=O)[C@H](CCCNC(=N)N)NC(=O)[C@@H](Cc2ccccc2)NC(=O)[C@@H]2C[C@@H](O)CN2C1=O. The third-order valence-electron chi connectivity index (χ3n) is 20.0. The topological polar surface area (TPSA) is 739 Å². The van der Waals surface area contributed by atoms with Gasteiger partial charge in [0.1, 0.15) is 79.1 Å². The van der Waals surface area contributed by atoms with Crippen LogP contribution in [-0.2, 0) is 110 Å². The molecule has 2 aliphatic rings. The molecular formula is C78H116N24O22. The van der Waals surface area contributed by atoms with Gasteiger partial charge in [-0.25, -0.2) is 4.98 Å². The number of hydrogen-bond donors (Lipinski definition) is 25. The fraction of sp³-hybridized carbons (Fsp3) is 0.551. The van der Waals surface area contributed by atoms with Gasteiger partial charge < -0.3 is 143 Å². The minimum absolute atomic E-state index is 0.0110. The zero-order chi connectivity index (χ0) is 90.8. The van der Waals surface area contributed by atoms with Crippen LogP contribution in [0.1, 0.15) is 120 Å². The Bertz CT molecular complexity index is 4290. The molecule has 46 nitrogen and oxygen atoms in total. The second-order valence-corrected chi connectivity index (χ2v) is 29.7. The number of aliphatic hydroxyl groups excluding tert-OH is 2. The second kappa shape index (κ2) is 52.5. The van der Waals surface area contributed by atoms with Gasteiger partial charge in [0.2, 0.25) is 94.5 Å². The fourth-order valence-corrected chi connectivity index (χ4v) is 13.2. The molecule has 46 heteroatoms. The van der Waals surface area contributed by atoms with E-state index in [1.54, 1.807) is 61.7 Å². The van der Waals surface area contributed by atoms with E-state index in [1.165, 1.54) is 12.5 Å². The Balaban J connectivity index is 1.18. The minimum atomic E-state index is -1.79. The number of fused-ring (bicyclic) bond motifs is 2. The summed E-state index contributed by atoms with van der Waals surface area (Å²) in [5.74, 6) is -16.5. The van der Waals surface area contributed by atoms with Gasteiger partial charge in [-0.05, 0) is 75.0 Å². The van der Waals surface area contributed by atoms with E-state index in [4.69, 9.17) is 48.7 Å². The van der Waals surface area contributed by atoms with Crippen LogP contribution in [0.2, 0.25) is 0 Å². The van der Waals surface area contributed by atoms with Gasteiger partial charge in [-0.15, -0.1) is 0 Å². The van der Waals surface area contributed by atoms with E-state index >= 15 is 4.79 Å². The van der Waals surface area contributed by atoms with Crippen LogP contribution in [-0.4, -0.2) is 293 Å². The van der Waals surface area contributed by atoms with Crippen LogP contribution in [0.25, 0.3) is 10.9 Å². The Morgan fingerprint density at radius 2 is 1.30 bits per heavy atom. The van der Waals surface area contributed by atoms with Gasteiger partial charge in [0.05, 0.1) is 51.1 Å². The number of nitrogens with two attached hydrogens (primary N) is 5. The third-order valence-corrected chi connectivity index (χ3v) is 20.0. The summed E-state index contributed by atoms with van der Waals surface area (Å²) < 4.78 is 10.5. The highest BCUT2D eigenvalue weighted by Crippen LogP contribution is 2.24. The van der Waals surface area contributed by atoms with Crippen LogP contribution in [0.3, 0.4) is 0 Å². The normalized spacial score (nSPS) is 19.7. The number of nitrogens with zero attached hydrogens (tertiary/aromatic N) is 2. The molecule has 0 saturated carbocycles. The van der Waals surface area contributed by atoms with Crippen molar-refractivity contribution in [2.45, 2.75) is 201 Å². The number of unbranched alkanes of at least 4 members (excludes halogenated alkanes) is 1. The number of aromatic amines is 2. The standard InChI is InChI=1S/C78H116N24O22/c1-2-3-15-51(95-73(117)58(35-79)101-72(116)57(33-45-37-85-42-91-45)99-69(113)53(20-22-61(81)105)96-74(118)59(40-103)92-64(108)38-90-65(109)41-124-30-29-123-28-27-87-62(106)23-19-48(80)77(121)122)67(111)97-54-21-24-63(107)86-25-10-9-17-50(66(82)110)93-71(115)56(32-44-36-89-49-16-8-7-14-47(44)49)98-68(112)52(18-11-26-88-78(83)84)94-70(114)55(31-43-12-5-4-6-13-43)100-75(119)60-34-46(104)39-102(60)76(54)120/h4-8,12-14,16,36-37,42,46,48,50-60,89,103-104H,2-3,9-11,15,17-35,38-41,79-80H2,1H3,(H2,81,105)(H2,82,110)(H,85,91)(H,86,107)(H,87,106)(H,90,109)(H,92,108)(H,93,115)(H,94,114)(H,95,117)(H,96,118)(H,97,111)(H,98,112)(H,99,113)(H,100,119)(H,101,116)(H,121,122)(H4,83,84,88)/t46-,48+,50+,51+,52+,53+,54+,55-,56+,57+,58+,59+,60+/m1/s1. The molecule has 6 rings (SSSR count). The number of rotatable bonds is 44. The Kier molecular flexibility index (Phi) is 42.4. The number of guanidine groups is 1. The lowest BCUT2D eigenvalue weighted by Gasteiger charge is -2.31. The molecule has 124 heavy (non-hydrogen) atoms. The number of carboxylic acid groups (broad SMARTS) is 1. The summed E-state index contributed by atoms with van der Waals surface area (Å²) in [6.45, 7) is -1.71. The summed E-state index contributed by atoms with van der Waals surface area (Å²) in [6.07, 6.45) is 0.352. The highest BCUT2D eigenvalue weighted by Gasteiger charge is 2.44. The van der Waals surface area contributed by atoms with Crippen LogP contribution < -0.4 is 103 Å². The van der Waals surface area contributed by atoms with Crippen molar-refractivity contribution in [2.75, 3.05) is 72.3 Å². The Morgan fingerprint density at radius 3 is 1.98 bits per heavy atom. The van der Waals surface area contributed by atoms with Crippen molar-refractivity contribution in [3.63, 3.8) is 0 Å². The van der Waals surface area contributed by atoms with Gasteiger partial charge in [-0.2, -0.15) is 0 Å². The van der Waals surface area contributed by atoms with E-state index < -0.39 is 250 Å². The number of carbonyl (C=O) groups is 17. The van der Waals surface area contributed by atoms with Crippen LogP contribution in [0.5, 0.6) is 0 Å². The number of hydrogen-bond acceptors (Lipinski definition) is 25. The predicted octanol–water partition coefficient (Wildman–Crippen LogP) is -8.58. The molecule has 2 aromatic heterocycles. The van der Waals surface area contributed by atoms with Crippen molar-refractivity contribution in [3.8, 4) is 0 Å². The average molecular weight is 1740 g/mol. The van der Waals surface area contributed by atoms with E-state index in [1.807, 2.05) is 6.07 Å². The first-order valence-electron chi connectivity index (χ1n) is 40.8. The van der Waals surface area contributed by atoms with E-state index in [9.17, 15) is 86.9 Å². The Labute approximate surface area is 712 Å². The van der Waals surface area contributed by atoms with Crippen molar-refractivity contribution in [3.05, 3.63) is 90.1 Å². The summed E-state index contributed by atoms with van der Waals surface area (Å²) in [5.41, 5.74) is 30.4. The Hall–Kier alpha value is -12.8. The van der Waals surface area contributed by atoms with Gasteiger partial charge >= 0.3 is 5.97 Å². The van der Waals surface area contributed by atoms with E-state index in [0.29, 0.717) is 28.5 Å². The van der Waals surface area contributed by atoms with Gasteiger partial charge in [-0.3, -0.25) is 86.9 Å². The van der Waals surface area contributed by atoms with Crippen molar-refractivity contribution in [1.29, 1.82) is 5.41 Å². The summed E-state index contributed by atoms with van der Waals surface area (Å²) in [4.78, 5) is 245. The lowest BCUT2D eigenvalue weighted by atomic mass is 10.0. The van der Waals surface area contributed by atoms with Crippen LogP contribution >= 0.6 is 0 Å². The van der Waals surface area contributed by atoms with Crippen molar-refractivity contribution in [2.24, 2.45) is 28.7 Å². The molecule has 2 aliphatic heterocycles. The molecule has 4 aromatic rings. The fourth-order valence-electron chi connectivity index (χ4n) is 13.2. The molecule has 0 spiro atoms. The molecule has 30 N–H and O–H groups in total. The Morgan fingerprint density at radius 1 is 0.653 bits per heavy atom. The number of imidazole rings is 1. The van der Waals surface area contributed by atoms with E-state index in [-0.39, 0.29) is 122 Å². The van der Waals surface area contributed by atoms with Crippen molar-refractivity contribution in [1.82, 2.24) is 94.3 Å². The number of benzene rings is 2. The highest BCUT2D eigenvalue weighted by molar-refractivity contribution is 6.01. The first kappa shape index (κ1) is 100. The van der Waals surface area contributed by atoms with Crippen LogP contribution in [0.15, 0.2) is 73.3 Å². The number of aliphatic carboxylic acids is 1. The summed E-state index contributed by atoms with van der Waals surface area (Å²) in [7, 11) is 0. The maximum atomic E-state index is 15.3. The molecule has 13 atom stereocenters. The maximum absolute atomic E-state index is 15.3. The number of ether oxygens (including phenoxy) is 2. The molecule has 2 aromatic carbocycles. The first-order chi connectivity index (χ1) is 59.3. The number of aliphatic hydroxyl groups is 2. The molecule has 16 amide bonds. The van der Waals surface area contributed by atoms with Crippen LogP contribution in [0.4, 0.5) is 0 Å². The molecule has 0 aliphatic carbocycles. The first-order valence-corrected chi connectivity index (χ1v) is 40.8. The smallest absolute Gasteiger partial charge is 0.320 e. The molecule has 2 saturated heterocycles. The molecule has 2 fully saturated rings. The lowest BCUT2D eigenvalue weighted by molar-refractivity contribution is -0.143. The summed E-state index contributed by atoms with van der Waals surface area (Å²) in [6, 6.07) is -3.10. The largest absolute Gasteiger partial charge is 0.480 e. The summed E-state index contributed by atoms with van der Waals surface area (Å²) >= 11 is 0. The monoisotopic (exact) mass is 1740 g/mol. The van der Waals surface area contributed by atoms with Crippen molar-refractivity contribution < 1.29 is 106 Å². The zero-order valence-electron chi connectivity index (χ0n) is 68.8. The average Bonchev–Trinajstić information content (AvgIpc) is 1.64. The highest BCUT2D eigenvalue weighted by atomic mass is 16.5. The second-order valence-electron chi connectivity index (χ2n) is 29.7. The molecule has 4 heterocycles. The number of primary amides is 2. The lowest BCUT2D eigenvalue weighted by Crippen LogP contribution is -2.62. The number of H-pyrrole nitrogens is 2. The van der Waals surface area contributed by atoms with Gasteiger partial charge in [-0.1, -0.05) is 68.3 Å². The van der Waals surface area contributed by atoms with Gasteiger partial charge in [0.25, 0.3) is 0 Å². The van der Waals surface area contributed by atoms with E-state index in [0.717, 1.165) is 4.90 Å². The van der Waals surface area contributed by atoms with Gasteiger partial charge in [0.15, 0.2) is 5.96 Å². The predicted molar refractivity (Wildman–Crippen MR) is 441 cm³/mol. The zero-order valence-corrected chi connectivity index (χ0v) is 68.8.